The van der Waals surface area contributed by atoms with E-state index in [2.05, 4.69) is 0 Å². The van der Waals surface area contributed by atoms with E-state index in [1.54, 1.807) is 5.48 Å². The molecule has 46 valence electrons. The highest BCUT2D eigenvalue weighted by molar-refractivity contribution is 5.85. The van der Waals surface area contributed by atoms with Crippen LogP contribution in [0.3, 0.4) is 0 Å². The van der Waals surface area contributed by atoms with E-state index in [1.807, 2.05) is 0 Å². The maximum Gasteiger partial charge on any atom is 0.332 e. The Bertz CT molecular complexity index is 118. The van der Waals surface area contributed by atoms with Crippen LogP contribution in [0, 0.1) is 0 Å². The topological polar surface area (TPSA) is 69.6 Å². The average Bonchev–Trinajstić information content (AvgIpc) is 1.67. The lowest BCUT2D eigenvalue weighted by Crippen LogP contribution is -2.02. The van der Waals surface area contributed by atoms with Gasteiger partial charge in [-0.3, -0.25) is 10.7 Å². The first-order chi connectivity index (χ1) is 3.68. The van der Waals surface area contributed by atoms with Gasteiger partial charge in [0, 0.05) is 6.20 Å². The Balaban J connectivity index is 3.80. The molecular weight excluding hydrogens is 110 g/mol. The molecule has 0 unspecified atom stereocenters. The van der Waals surface area contributed by atoms with Crippen LogP contribution >= 0.6 is 0 Å². The molecule has 0 spiro atoms. The van der Waals surface area contributed by atoms with Gasteiger partial charge in [-0.15, -0.1) is 0 Å². The summed E-state index contributed by atoms with van der Waals surface area (Å²) in [7, 11) is 0. The molecule has 4 nitrogen and oxygen atoms in total. The molecule has 3 N–H and O–H groups in total. The molecule has 0 fully saturated rings. The van der Waals surface area contributed by atoms with Gasteiger partial charge in [-0.2, -0.15) is 0 Å². The average molecular weight is 117 g/mol. The third kappa shape index (κ3) is 2.20. The van der Waals surface area contributed by atoms with Crippen LogP contribution in [0.1, 0.15) is 6.92 Å². The number of rotatable bonds is 2. The molecule has 0 heterocycles. The number of carbonyl (C=O) groups is 1. The van der Waals surface area contributed by atoms with Crippen molar-refractivity contribution in [2.45, 2.75) is 6.92 Å². The summed E-state index contributed by atoms with van der Waals surface area (Å²) in [6.07, 6.45) is 0.988. The molecule has 0 atom stereocenters. The quantitative estimate of drug-likeness (QED) is 0.350. The van der Waals surface area contributed by atoms with Crippen molar-refractivity contribution in [2.75, 3.05) is 0 Å². The van der Waals surface area contributed by atoms with Crippen LogP contribution < -0.4 is 5.48 Å². The zero-order valence-corrected chi connectivity index (χ0v) is 4.38. The molecule has 0 aliphatic carbocycles. The van der Waals surface area contributed by atoms with Crippen LogP contribution in [0.15, 0.2) is 11.8 Å². The van der Waals surface area contributed by atoms with Crippen LogP contribution in [0.25, 0.3) is 0 Å². The molecule has 0 aromatic rings. The van der Waals surface area contributed by atoms with Crippen molar-refractivity contribution in [3.63, 3.8) is 0 Å². The van der Waals surface area contributed by atoms with E-state index in [9.17, 15) is 4.79 Å². The lowest BCUT2D eigenvalue weighted by Gasteiger charge is -1.88. The van der Waals surface area contributed by atoms with Crippen LogP contribution in [0.2, 0.25) is 0 Å². The van der Waals surface area contributed by atoms with Gasteiger partial charge >= 0.3 is 5.97 Å². The smallest absolute Gasteiger partial charge is 0.332 e. The zero-order chi connectivity index (χ0) is 6.57. The first-order valence-electron chi connectivity index (χ1n) is 1.98. The van der Waals surface area contributed by atoms with Gasteiger partial charge in [0.15, 0.2) is 0 Å². The van der Waals surface area contributed by atoms with E-state index >= 15 is 0 Å². The Morgan fingerprint density at radius 1 is 1.75 bits per heavy atom. The molecule has 0 amide bonds. The highest BCUT2D eigenvalue weighted by Crippen LogP contribution is 1.86. The molecule has 0 aliphatic rings. The molecule has 0 rings (SSSR count). The monoisotopic (exact) mass is 117 g/mol. The summed E-state index contributed by atoms with van der Waals surface area (Å²) < 4.78 is 0. The summed E-state index contributed by atoms with van der Waals surface area (Å²) >= 11 is 0. The number of hydroxylamine groups is 1. The van der Waals surface area contributed by atoms with Gasteiger partial charge in [0.05, 0.1) is 5.57 Å². The zero-order valence-electron chi connectivity index (χ0n) is 4.38. The number of carboxylic acids is 1. The van der Waals surface area contributed by atoms with E-state index in [0.717, 1.165) is 6.20 Å². The van der Waals surface area contributed by atoms with Crippen molar-refractivity contribution in [2.24, 2.45) is 0 Å². The summed E-state index contributed by atoms with van der Waals surface area (Å²) in [5.41, 5.74) is 1.67. The van der Waals surface area contributed by atoms with Crippen LogP contribution in [0.5, 0.6) is 0 Å². The lowest BCUT2D eigenvalue weighted by molar-refractivity contribution is -0.132. The Morgan fingerprint density at radius 2 is 2.25 bits per heavy atom. The lowest BCUT2D eigenvalue weighted by atomic mass is 10.3. The minimum Gasteiger partial charge on any atom is -0.478 e. The highest BCUT2D eigenvalue weighted by atomic mass is 16.5. The molecule has 0 aliphatic heterocycles. The fraction of sp³-hybridized carbons (Fsp3) is 0.250. The molecule has 0 radical (unpaired) electrons. The summed E-state index contributed by atoms with van der Waals surface area (Å²) in [5, 5.41) is 16.0. The number of aliphatic carboxylic acids is 1. The molecule has 0 aromatic carbocycles. The second-order valence-corrected chi connectivity index (χ2v) is 1.26. The number of hydrogen-bond donors (Lipinski definition) is 3. The molecule has 0 saturated carbocycles. The third-order valence-corrected chi connectivity index (χ3v) is 0.618. The Morgan fingerprint density at radius 3 is 2.38 bits per heavy atom. The van der Waals surface area contributed by atoms with E-state index in [4.69, 9.17) is 10.3 Å². The molecule has 8 heavy (non-hydrogen) atoms. The molecule has 0 aromatic heterocycles. The SMILES string of the molecule is CC(=CNO)C(=O)O. The standard InChI is InChI=1S/C4H7NO3/c1-3(2-5-8)4(6)7/h2,5,8H,1H3,(H,6,7). The Kier molecular flexibility index (Phi) is 2.64. The van der Waals surface area contributed by atoms with Crippen molar-refractivity contribution in [1.82, 2.24) is 5.48 Å². The maximum absolute atomic E-state index is 9.87. The van der Waals surface area contributed by atoms with Gasteiger partial charge in [-0.1, -0.05) is 0 Å². The Hall–Kier alpha value is -1.03. The van der Waals surface area contributed by atoms with Gasteiger partial charge in [0.2, 0.25) is 0 Å². The summed E-state index contributed by atoms with van der Waals surface area (Å²) in [4.78, 5) is 9.87. The fourth-order valence-electron chi connectivity index (χ4n) is 0.159. The van der Waals surface area contributed by atoms with Gasteiger partial charge in [0.25, 0.3) is 0 Å². The van der Waals surface area contributed by atoms with Gasteiger partial charge < -0.3 is 5.11 Å². The van der Waals surface area contributed by atoms with Crippen molar-refractivity contribution < 1.29 is 15.1 Å². The third-order valence-electron chi connectivity index (χ3n) is 0.618. The summed E-state index contributed by atoms with van der Waals surface area (Å²) in [6.45, 7) is 1.37. The fourth-order valence-corrected chi connectivity index (χ4v) is 0.159. The van der Waals surface area contributed by atoms with Crippen molar-refractivity contribution in [3.8, 4) is 0 Å². The van der Waals surface area contributed by atoms with Crippen LogP contribution in [0.4, 0.5) is 0 Å². The molecule has 0 bridgehead atoms. The van der Waals surface area contributed by atoms with E-state index in [-0.39, 0.29) is 5.57 Å². The van der Waals surface area contributed by atoms with Gasteiger partial charge in [0.1, 0.15) is 0 Å². The van der Waals surface area contributed by atoms with Crippen LogP contribution in [-0.2, 0) is 4.79 Å². The minimum absolute atomic E-state index is 0.0625. The van der Waals surface area contributed by atoms with Crippen molar-refractivity contribution >= 4 is 5.97 Å². The maximum atomic E-state index is 9.87. The Labute approximate surface area is 46.4 Å². The minimum atomic E-state index is -1.05. The normalized spacial score (nSPS) is 11.0. The number of carboxylic acid groups (broad SMARTS) is 1. The second kappa shape index (κ2) is 3.04. The highest BCUT2D eigenvalue weighted by Gasteiger charge is 1.95. The van der Waals surface area contributed by atoms with Gasteiger partial charge in [-0.05, 0) is 6.92 Å². The van der Waals surface area contributed by atoms with Crippen LogP contribution in [-0.4, -0.2) is 16.3 Å². The summed E-state index contributed by atoms with van der Waals surface area (Å²) in [5.74, 6) is -1.05. The predicted octanol–water partition coefficient (Wildman–Crippen LogP) is -0.0464. The second-order valence-electron chi connectivity index (χ2n) is 1.26. The number of hydrogen-bond acceptors (Lipinski definition) is 3. The predicted molar refractivity (Wildman–Crippen MR) is 26.3 cm³/mol. The van der Waals surface area contributed by atoms with E-state index in [0.29, 0.717) is 0 Å². The number of nitrogens with one attached hydrogen (secondary N) is 1. The van der Waals surface area contributed by atoms with Crippen molar-refractivity contribution in [1.29, 1.82) is 0 Å². The largest absolute Gasteiger partial charge is 0.478 e. The van der Waals surface area contributed by atoms with Crippen molar-refractivity contribution in [3.05, 3.63) is 11.8 Å². The van der Waals surface area contributed by atoms with Gasteiger partial charge in [-0.25, -0.2) is 4.79 Å². The molecular formula is C4H7NO3. The molecule has 0 saturated heterocycles. The first-order valence-corrected chi connectivity index (χ1v) is 1.98. The first kappa shape index (κ1) is 6.97. The van der Waals surface area contributed by atoms with E-state index < -0.39 is 5.97 Å². The summed E-state index contributed by atoms with van der Waals surface area (Å²) in [6, 6.07) is 0. The molecule has 4 heteroatoms. The van der Waals surface area contributed by atoms with E-state index in [1.165, 1.54) is 6.92 Å².